The molecule has 1 aromatic carbocycles. The molecule has 1 rings (SSSR count). The minimum atomic E-state index is -1.01. The lowest BCUT2D eigenvalue weighted by molar-refractivity contribution is -0.138. The van der Waals surface area contributed by atoms with Crippen LogP contribution in [0.2, 0.25) is 0 Å². The summed E-state index contributed by atoms with van der Waals surface area (Å²) in [5.74, 6) is -1.07. The number of nitrogens with two attached hydrogens (primary N) is 1. The normalized spacial score (nSPS) is 11.7. The largest absolute Gasteiger partial charge is 0.480 e. The Morgan fingerprint density at radius 2 is 1.90 bits per heavy atom. The van der Waals surface area contributed by atoms with Gasteiger partial charge in [0.25, 0.3) is 0 Å². The van der Waals surface area contributed by atoms with E-state index in [4.69, 9.17) is 10.8 Å². The molecule has 0 spiro atoms. The summed E-state index contributed by atoms with van der Waals surface area (Å²) in [5, 5.41) is 14.5. The van der Waals surface area contributed by atoms with Crippen molar-refractivity contribution in [1.29, 1.82) is 0 Å². The van der Waals surface area contributed by atoms with Crippen molar-refractivity contribution >= 4 is 17.6 Å². The van der Waals surface area contributed by atoms with Gasteiger partial charge < -0.3 is 21.5 Å². The fraction of sp³-hybridized carbons (Fsp3) is 0.429. The number of benzene rings is 1. The smallest absolute Gasteiger partial charge is 0.320 e. The number of hydrogen-bond donors (Lipinski definition) is 4. The fourth-order valence-electron chi connectivity index (χ4n) is 1.64. The first-order valence-electron chi connectivity index (χ1n) is 6.63. The minimum Gasteiger partial charge on any atom is -0.480 e. The molecular weight excluding hydrogens is 258 g/mol. The summed E-state index contributed by atoms with van der Waals surface area (Å²) in [6.45, 7) is 1.01. The van der Waals surface area contributed by atoms with E-state index in [1.165, 1.54) is 0 Å². The molecule has 5 N–H and O–H groups in total. The van der Waals surface area contributed by atoms with E-state index in [9.17, 15) is 9.59 Å². The average Bonchev–Trinajstić information content (AvgIpc) is 2.44. The Hall–Kier alpha value is -2.08. The van der Waals surface area contributed by atoms with Crippen molar-refractivity contribution in [3.63, 3.8) is 0 Å². The molecule has 0 saturated carbocycles. The van der Waals surface area contributed by atoms with Crippen molar-refractivity contribution < 1.29 is 14.7 Å². The van der Waals surface area contributed by atoms with Crippen LogP contribution in [0, 0.1) is 0 Å². The number of carboxylic acid groups (broad SMARTS) is 1. The number of carboxylic acids is 1. The lowest BCUT2D eigenvalue weighted by Crippen LogP contribution is -2.32. The number of carbonyl (C=O) groups is 2. The Morgan fingerprint density at radius 3 is 2.55 bits per heavy atom. The van der Waals surface area contributed by atoms with Gasteiger partial charge in [-0.25, -0.2) is 0 Å². The van der Waals surface area contributed by atoms with Crippen LogP contribution in [0.15, 0.2) is 30.3 Å². The van der Waals surface area contributed by atoms with Crippen LogP contribution in [0.3, 0.4) is 0 Å². The number of nitrogens with one attached hydrogen (secondary N) is 2. The van der Waals surface area contributed by atoms with Gasteiger partial charge in [0.15, 0.2) is 0 Å². The summed E-state index contributed by atoms with van der Waals surface area (Å²) in [6.07, 6.45) is 1.29. The highest BCUT2D eigenvalue weighted by atomic mass is 16.4. The third kappa shape index (κ3) is 6.75. The summed E-state index contributed by atoms with van der Waals surface area (Å²) in [6, 6.07) is 8.80. The van der Waals surface area contributed by atoms with Crippen LogP contribution in [0.5, 0.6) is 0 Å². The van der Waals surface area contributed by atoms with Crippen LogP contribution in [0.4, 0.5) is 5.69 Å². The molecule has 20 heavy (non-hydrogen) atoms. The van der Waals surface area contributed by atoms with Crippen molar-refractivity contribution in [2.24, 2.45) is 5.73 Å². The molecule has 0 heterocycles. The van der Waals surface area contributed by atoms with Crippen molar-refractivity contribution in [2.75, 3.05) is 18.4 Å². The number of carbonyl (C=O) groups excluding carboxylic acids is 1. The van der Waals surface area contributed by atoms with Crippen LogP contribution in [0.25, 0.3) is 0 Å². The van der Waals surface area contributed by atoms with Crippen LogP contribution < -0.4 is 16.4 Å². The van der Waals surface area contributed by atoms with Crippen LogP contribution in [0.1, 0.15) is 19.3 Å². The number of rotatable bonds is 9. The molecule has 0 bridgehead atoms. The summed E-state index contributed by atoms with van der Waals surface area (Å²) in [4.78, 5) is 22.0. The van der Waals surface area contributed by atoms with E-state index in [0.29, 0.717) is 32.4 Å². The zero-order valence-electron chi connectivity index (χ0n) is 11.3. The van der Waals surface area contributed by atoms with Crippen molar-refractivity contribution in [2.45, 2.75) is 25.3 Å². The predicted octanol–water partition coefficient (Wildman–Crippen LogP) is 0.797. The average molecular weight is 279 g/mol. The van der Waals surface area contributed by atoms with E-state index in [-0.39, 0.29) is 5.91 Å². The summed E-state index contributed by atoms with van der Waals surface area (Å²) < 4.78 is 0. The molecule has 110 valence electrons. The molecule has 1 amide bonds. The van der Waals surface area contributed by atoms with Crippen LogP contribution >= 0.6 is 0 Å². The Kier molecular flexibility index (Phi) is 7.13. The molecule has 6 nitrogen and oxygen atoms in total. The number of aliphatic carboxylic acids is 1. The van der Waals surface area contributed by atoms with Crippen LogP contribution in [-0.2, 0) is 9.59 Å². The zero-order chi connectivity index (χ0) is 14.8. The molecule has 0 fully saturated rings. The van der Waals surface area contributed by atoms with Gasteiger partial charge in [-0.2, -0.15) is 0 Å². The molecule has 0 aromatic heterocycles. The molecule has 0 aliphatic rings. The van der Waals surface area contributed by atoms with Crippen molar-refractivity contribution in [1.82, 2.24) is 5.32 Å². The summed E-state index contributed by atoms with van der Waals surface area (Å²) >= 11 is 0. The summed E-state index contributed by atoms with van der Waals surface area (Å²) in [7, 11) is 0. The first-order chi connectivity index (χ1) is 9.59. The maximum absolute atomic E-state index is 11.5. The fourth-order valence-corrected chi connectivity index (χ4v) is 1.64. The van der Waals surface area contributed by atoms with Gasteiger partial charge in [-0.3, -0.25) is 9.59 Å². The maximum Gasteiger partial charge on any atom is 0.320 e. The second-order valence-corrected chi connectivity index (χ2v) is 4.48. The van der Waals surface area contributed by atoms with E-state index in [1.54, 1.807) is 0 Å². The Balaban J connectivity index is 2.05. The van der Waals surface area contributed by atoms with Gasteiger partial charge in [0, 0.05) is 25.2 Å². The number of hydrogen-bond acceptors (Lipinski definition) is 4. The standard InChI is InChI=1S/C14H21N3O3/c15-12(14(19)20)7-4-9-17-13(18)8-10-16-11-5-2-1-3-6-11/h1-3,5-6,12,16H,4,7-10,15H2,(H,17,18)(H,19,20)/t12-/m0/s1. The first-order valence-corrected chi connectivity index (χ1v) is 6.63. The monoisotopic (exact) mass is 279 g/mol. The number of amides is 1. The first kappa shape index (κ1) is 16.0. The molecule has 0 saturated heterocycles. The molecule has 0 radical (unpaired) electrons. The molecule has 0 unspecified atom stereocenters. The Labute approximate surface area is 118 Å². The van der Waals surface area contributed by atoms with Gasteiger partial charge in [0.05, 0.1) is 0 Å². The second kappa shape index (κ2) is 8.92. The van der Waals surface area contributed by atoms with Gasteiger partial charge >= 0.3 is 5.97 Å². The highest BCUT2D eigenvalue weighted by molar-refractivity contribution is 5.76. The highest BCUT2D eigenvalue weighted by Gasteiger charge is 2.10. The zero-order valence-corrected chi connectivity index (χ0v) is 11.3. The summed E-state index contributed by atoms with van der Waals surface area (Å²) in [5.41, 5.74) is 6.34. The predicted molar refractivity (Wildman–Crippen MR) is 77.4 cm³/mol. The third-order valence-corrected chi connectivity index (χ3v) is 2.79. The lowest BCUT2D eigenvalue weighted by atomic mass is 10.2. The van der Waals surface area contributed by atoms with Crippen molar-refractivity contribution in [3.05, 3.63) is 30.3 Å². The second-order valence-electron chi connectivity index (χ2n) is 4.48. The van der Waals surface area contributed by atoms with Gasteiger partial charge in [-0.05, 0) is 25.0 Å². The molecule has 1 aromatic rings. The maximum atomic E-state index is 11.5. The van der Waals surface area contributed by atoms with Crippen molar-refractivity contribution in [3.8, 4) is 0 Å². The van der Waals surface area contributed by atoms with Gasteiger partial charge in [-0.1, -0.05) is 18.2 Å². The number of para-hydroxylation sites is 1. The Morgan fingerprint density at radius 1 is 1.20 bits per heavy atom. The van der Waals surface area contributed by atoms with E-state index >= 15 is 0 Å². The molecular formula is C14H21N3O3. The number of anilines is 1. The van der Waals surface area contributed by atoms with E-state index < -0.39 is 12.0 Å². The lowest BCUT2D eigenvalue weighted by Gasteiger charge is -2.08. The van der Waals surface area contributed by atoms with Gasteiger partial charge in [-0.15, -0.1) is 0 Å². The van der Waals surface area contributed by atoms with Crippen LogP contribution in [-0.4, -0.2) is 36.1 Å². The SMILES string of the molecule is N[C@@H](CCCNC(=O)CCNc1ccccc1)C(=O)O. The minimum absolute atomic E-state index is 0.0580. The topological polar surface area (TPSA) is 104 Å². The molecule has 6 heteroatoms. The molecule has 1 atom stereocenters. The highest BCUT2D eigenvalue weighted by Crippen LogP contribution is 2.04. The van der Waals surface area contributed by atoms with E-state index in [0.717, 1.165) is 5.69 Å². The van der Waals surface area contributed by atoms with Gasteiger partial charge in [0.1, 0.15) is 6.04 Å². The quantitative estimate of drug-likeness (QED) is 0.500. The molecule has 0 aliphatic carbocycles. The Bertz CT molecular complexity index is 423. The van der Waals surface area contributed by atoms with Gasteiger partial charge in [0.2, 0.25) is 5.91 Å². The van der Waals surface area contributed by atoms with E-state index in [1.807, 2.05) is 30.3 Å². The third-order valence-electron chi connectivity index (χ3n) is 2.79. The van der Waals surface area contributed by atoms with E-state index in [2.05, 4.69) is 10.6 Å². The molecule has 0 aliphatic heterocycles.